The Morgan fingerprint density at radius 1 is 1.04 bits per heavy atom. The maximum absolute atomic E-state index is 14.1. The van der Waals surface area contributed by atoms with Gasteiger partial charge in [-0.2, -0.15) is 0 Å². The van der Waals surface area contributed by atoms with Crippen molar-refractivity contribution in [3.8, 4) is 0 Å². The topological polar surface area (TPSA) is 43.8 Å². The first-order valence-corrected chi connectivity index (χ1v) is 9.65. The second-order valence-corrected chi connectivity index (χ2v) is 7.57. The molecule has 0 radical (unpaired) electrons. The fourth-order valence-corrected chi connectivity index (χ4v) is 4.26. The van der Waals surface area contributed by atoms with Gasteiger partial charge in [-0.15, -0.1) is 0 Å². The van der Waals surface area contributed by atoms with Gasteiger partial charge in [0.25, 0.3) is 0 Å². The number of aliphatic hydroxyl groups is 1. The molecule has 2 aliphatic rings. The summed E-state index contributed by atoms with van der Waals surface area (Å²) < 4.78 is 14.1. The summed E-state index contributed by atoms with van der Waals surface area (Å²) in [4.78, 5) is 16.8. The molecule has 1 fully saturated rings. The van der Waals surface area contributed by atoms with Crippen LogP contribution < -0.4 is 4.90 Å². The number of carbonyl (C=O) groups is 1. The van der Waals surface area contributed by atoms with E-state index in [9.17, 15) is 14.3 Å². The van der Waals surface area contributed by atoms with Gasteiger partial charge in [-0.1, -0.05) is 36.4 Å². The van der Waals surface area contributed by atoms with Gasteiger partial charge in [0.15, 0.2) is 0 Å². The highest BCUT2D eigenvalue weighted by molar-refractivity contribution is 5.95. The smallest absolute Gasteiger partial charge is 0.241 e. The molecule has 142 valence electrons. The van der Waals surface area contributed by atoms with Gasteiger partial charge in [0.05, 0.1) is 12.1 Å². The van der Waals surface area contributed by atoms with Gasteiger partial charge < -0.3 is 10.0 Å². The number of benzene rings is 2. The minimum atomic E-state index is -1.15. The first kappa shape index (κ1) is 18.1. The number of para-hydroxylation sites is 1. The predicted molar refractivity (Wildman–Crippen MR) is 103 cm³/mol. The zero-order chi connectivity index (χ0) is 18.9. The Hall–Kier alpha value is -2.24. The van der Waals surface area contributed by atoms with Crippen molar-refractivity contribution in [2.24, 2.45) is 0 Å². The lowest BCUT2D eigenvalue weighted by Crippen LogP contribution is -2.48. The average molecular weight is 368 g/mol. The molecule has 0 aliphatic carbocycles. The lowest BCUT2D eigenvalue weighted by atomic mass is 9.84. The number of rotatable bonds is 3. The fraction of sp³-hybridized carbons (Fsp3) is 0.409. The molecule has 4 nitrogen and oxygen atoms in total. The van der Waals surface area contributed by atoms with Crippen molar-refractivity contribution < 1.29 is 14.3 Å². The molecule has 27 heavy (non-hydrogen) atoms. The van der Waals surface area contributed by atoms with Crippen molar-refractivity contribution in [3.63, 3.8) is 0 Å². The molecule has 2 aliphatic heterocycles. The van der Waals surface area contributed by atoms with Crippen molar-refractivity contribution in [2.45, 2.75) is 31.3 Å². The Bertz CT molecular complexity index is 831. The van der Waals surface area contributed by atoms with Crippen LogP contribution in [-0.4, -0.2) is 42.1 Å². The minimum absolute atomic E-state index is 0.0958. The summed E-state index contributed by atoms with van der Waals surface area (Å²) >= 11 is 0. The lowest BCUT2D eigenvalue weighted by molar-refractivity contribution is -0.121. The van der Waals surface area contributed by atoms with Gasteiger partial charge in [-0.25, -0.2) is 4.39 Å². The molecular weight excluding hydrogens is 343 g/mol. The molecular formula is C22H25FN2O2. The van der Waals surface area contributed by atoms with E-state index in [1.54, 1.807) is 18.2 Å². The minimum Gasteiger partial charge on any atom is -0.385 e. The van der Waals surface area contributed by atoms with E-state index in [1.807, 2.05) is 23.1 Å². The Morgan fingerprint density at radius 3 is 2.52 bits per heavy atom. The van der Waals surface area contributed by atoms with Crippen LogP contribution in [-0.2, 0) is 16.8 Å². The molecule has 4 rings (SSSR count). The normalized spacial score (nSPS) is 19.6. The molecule has 0 aromatic heterocycles. The zero-order valence-corrected chi connectivity index (χ0v) is 15.4. The van der Waals surface area contributed by atoms with E-state index in [2.05, 4.69) is 11.0 Å². The van der Waals surface area contributed by atoms with E-state index < -0.39 is 5.60 Å². The van der Waals surface area contributed by atoms with Crippen LogP contribution in [0.4, 0.5) is 10.1 Å². The Morgan fingerprint density at radius 2 is 1.74 bits per heavy atom. The fourth-order valence-electron chi connectivity index (χ4n) is 4.26. The van der Waals surface area contributed by atoms with Gasteiger partial charge >= 0.3 is 0 Å². The molecule has 0 unspecified atom stereocenters. The third kappa shape index (κ3) is 3.62. The summed E-state index contributed by atoms with van der Waals surface area (Å²) in [6.45, 7) is 2.24. The molecule has 5 heteroatoms. The second kappa shape index (κ2) is 7.41. The Labute approximate surface area is 159 Å². The predicted octanol–water partition coefficient (Wildman–Crippen LogP) is 3.09. The number of aryl methyl sites for hydroxylation is 1. The van der Waals surface area contributed by atoms with Crippen LogP contribution in [0.1, 0.15) is 30.4 Å². The van der Waals surface area contributed by atoms with E-state index in [1.165, 1.54) is 11.6 Å². The number of likely N-dealkylation sites (tertiary alicyclic amines) is 1. The summed E-state index contributed by atoms with van der Waals surface area (Å²) in [7, 11) is 0. The van der Waals surface area contributed by atoms with E-state index in [-0.39, 0.29) is 11.7 Å². The highest BCUT2D eigenvalue weighted by atomic mass is 19.1. The monoisotopic (exact) mass is 368 g/mol. The van der Waals surface area contributed by atoms with Gasteiger partial charge in [-0.3, -0.25) is 9.69 Å². The maximum atomic E-state index is 14.1. The number of anilines is 1. The van der Waals surface area contributed by atoms with Crippen LogP contribution in [0.5, 0.6) is 0 Å². The molecule has 0 atom stereocenters. The molecule has 0 saturated carbocycles. The van der Waals surface area contributed by atoms with Crippen LogP contribution in [0.25, 0.3) is 0 Å². The summed E-state index contributed by atoms with van der Waals surface area (Å²) in [5.41, 5.74) is 1.46. The number of nitrogens with zero attached hydrogens (tertiary/aromatic N) is 2. The first-order valence-electron chi connectivity index (χ1n) is 9.65. The number of fused-ring (bicyclic) bond motifs is 1. The summed E-state index contributed by atoms with van der Waals surface area (Å²) in [5, 5.41) is 10.9. The van der Waals surface area contributed by atoms with Gasteiger partial charge in [0.2, 0.25) is 5.91 Å². The number of carbonyl (C=O) groups excluding carboxylic acids is 1. The standard InChI is InChI=1S/C22H25FN2O2/c23-19-9-3-2-8-18(19)22(27)11-14-24(15-12-22)16-21(26)25-13-5-7-17-6-1-4-10-20(17)25/h1-4,6,8-10,27H,5,7,11-16H2. The van der Waals surface area contributed by atoms with Crippen molar-refractivity contribution in [1.82, 2.24) is 4.90 Å². The van der Waals surface area contributed by atoms with Crippen LogP contribution >= 0.6 is 0 Å². The number of piperidine rings is 1. The largest absolute Gasteiger partial charge is 0.385 e. The number of halogens is 1. The summed E-state index contributed by atoms with van der Waals surface area (Å²) in [6.07, 6.45) is 2.85. The summed E-state index contributed by atoms with van der Waals surface area (Å²) in [6, 6.07) is 14.5. The molecule has 1 N–H and O–H groups in total. The van der Waals surface area contributed by atoms with Gasteiger partial charge in [0.1, 0.15) is 5.82 Å². The quantitative estimate of drug-likeness (QED) is 0.905. The van der Waals surface area contributed by atoms with Crippen LogP contribution in [0.2, 0.25) is 0 Å². The van der Waals surface area contributed by atoms with E-state index >= 15 is 0 Å². The van der Waals surface area contributed by atoms with E-state index in [0.717, 1.165) is 25.1 Å². The second-order valence-electron chi connectivity index (χ2n) is 7.57. The zero-order valence-electron chi connectivity index (χ0n) is 15.4. The molecule has 0 spiro atoms. The molecule has 2 aromatic carbocycles. The third-order valence-corrected chi connectivity index (χ3v) is 5.83. The highest BCUT2D eigenvalue weighted by Crippen LogP contribution is 2.34. The van der Waals surface area contributed by atoms with Crippen LogP contribution in [0.3, 0.4) is 0 Å². The first-order chi connectivity index (χ1) is 13.1. The summed E-state index contributed by atoms with van der Waals surface area (Å²) in [5.74, 6) is -0.270. The van der Waals surface area contributed by atoms with Gasteiger partial charge in [0, 0.05) is 30.9 Å². The maximum Gasteiger partial charge on any atom is 0.241 e. The van der Waals surface area contributed by atoms with Crippen molar-refractivity contribution in [1.29, 1.82) is 0 Å². The molecule has 1 amide bonds. The molecule has 2 heterocycles. The molecule has 2 aromatic rings. The number of hydrogen-bond donors (Lipinski definition) is 1. The van der Waals surface area contributed by atoms with Gasteiger partial charge in [-0.05, 0) is 43.4 Å². The average Bonchev–Trinajstić information content (AvgIpc) is 2.69. The van der Waals surface area contributed by atoms with Crippen molar-refractivity contribution >= 4 is 11.6 Å². The van der Waals surface area contributed by atoms with Crippen molar-refractivity contribution in [2.75, 3.05) is 31.1 Å². The number of hydrogen-bond acceptors (Lipinski definition) is 3. The highest BCUT2D eigenvalue weighted by Gasteiger charge is 2.36. The third-order valence-electron chi connectivity index (χ3n) is 5.83. The SMILES string of the molecule is O=C(CN1CCC(O)(c2ccccc2F)CC1)N1CCCc2ccccc21. The molecule has 0 bridgehead atoms. The number of amides is 1. The van der Waals surface area contributed by atoms with E-state index in [0.29, 0.717) is 38.0 Å². The van der Waals surface area contributed by atoms with Crippen molar-refractivity contribution in [3.05, 3.63) is 65.5 Å². The lowest BCUT2D eigenvalue weighted by Gasteiger charge is -2.39. The van der Waals surface area contributed by atoms with E-state index in [4.69, 9.17) is 0 Å². The Balaban J connectivity index is 1.40. The van der Waals surface area contributed by atoms with Crippen LogP contribution in [0.15, 0.2) is 48.5 Å². The van der Waals surface area contributed by atoms with Crippen LogP contribution in [0, 0.1) is 5.82 Å². The Kier molecular flexibility index (Phi) is 4.98. The molecule has 1 saturated heterocycles.